The summed E-state index contributed by atoms with van der Waals surface area (Å²) in [5.74, 6) is 0.481. The zero-order chi connectivity index (χ0) is 17.6. The molecule has 2 amide bonds. The Labute approximate surface area is 149 Å². The number of thioether (sulfide) groups is 1. The zero-order valence-electron chi connectivity index (χ0n) is 13.6. The van der Waals surface area contributed by atoms with Gasteiger partial charge in [0.2, 0.25) is 5.91 Å². The Morgan fingerprint density at radius 1 is 1.24 bits per heavy atom. The minimum atomic E-state index is -0.359. The first kappa shape index (κ1) is 17.2. The Kier molecular flexibility index (Phi) is 5.45. The highest BCUT2D eigenvalue weighted by molar-refractivity contribution is 8.15. The summed E-state index contributed by atoms with van der Waals surface area (Å²) in [5.41, 5.74) is 2.53. The Morgan fingerprint density at radius 2 is 2.04 bits per heavy atom. The number of benzene rings is 1. The lowest BCUT2D eigenvalue weighted by Gasteiger charge is -2.10. The van der Waals surface area contributed by atoms with Gasteiger partial charge in [0.15, 0.2) is 0 Å². The maximum atomic E-state index is 11.6. The summed E-state index contributed by atoms with van der Waals surface area (Å²) in [6.45, 7) is 0.322. The minimum absolute atomic E-state index is 0.227. The molecule has 6 nitrogen and oxygen atoms in total. The largest absolute Gasteiger partial charge is 0.487 e. The third kappa shape index (κ3) is 4.45. The molecule has 1 aromatic carbocycles. The highest BCUT2D eigenvalue weighted by Crippen LogP contribution is 2.23. The number of nitrogens with zero attached hydrogens (tertiary/aromatic N) is 2. The van der Waals surface area contributed by atoms with Crippen molar-refractivity contribution in [3.05, 3.63) is 59.9 Å². The van der Waals surface area contributed by atoms with Crippen molar-refractivity contribution in [1.82, 2.24) is 10.3 Å². The predicted molar refractivity (Wildman–Crippen MR) is 97.3 cm³/mol. The monoisotopic (exact) mass is 355 g/mol. The van der Waals surface area contributed by atoms with E-state index in [1.54, 1.807) is 13.2 Å². The van der Waals surface area contributed by atoms with Crippen molar-refractivity contribution in [2.75, 3.05) is 13.7 Å². The van der Waals surface area contributed by atoms with Gasteiger partial charge in [-0.2, -0.15) is 0 Å². The Hall–Kier alpha value is -2.67. The molecule has 2 heterocycles. The molecule has 1 saturated heterocycles. The third-order valence-electron chi connectivity index (χ3n) is 3.72. The van der Waals surface area contributed by atoms with Crippen molar-refractivity contribution >= 4 is 28.6 Å². The van der Waals surface area contributed by atoms with Crippen molar-refractivity contribution in [3.8, 4) is 5.75 Å². The molecule has 7 heteroatoms. The van der Waals surface area contributed by atoms with Crippen LogP contribution >= 0.6 is 11.8 Å². The number of aromatic nitrogens is 1. The Bertz CT molecular complexity index is 791. The molecular weight excluding hydrogens is 338 g/mol. The summed E-state index contributed by atoms with van der Waals surface area (Å²) in [7, 11) is 1.71. The van der Waals surface area contributed by atoms with Gasteiger partial charge in [-0.25, -0.2) is 0 Å². The number of carbonyl (C=O) groups is 2. The van der Waals surface area contributed by atoms with E-state index in [2.05, 4.69) is 15.3 Å². The number of hydrogen-bond donors (Lipinski definition) is 1. The molecule has 0 radical (unpaired) electrons. The minimum Gasteiger partial charge on any atom is -0.487 e. The topological polar surface area (TPSA) is 80.6 Å². The van der Waals surface area contributed by atoms with E-state index in [-0.39, 0.29) is 16.4 Å². The smallest absolute Gasteiger partial charge is 0.286 e. The van der Waals surface area contributed by atoms with Crippen LogP contribution in [0.2, 0.25) is 0 Å². The van der Waals surface area contributed by atoms with Crippen LogP contribution in [0.3, 0.4) is 0 Å². The average Bonchev–Trinajstić information content (AvgIpc) is 2.95. The van der Waals surface area contributed by atoms with Gasteiger partial charge in [0, 0.05) is 13.2 Å². The highest BCUT2D eigenvalue weighted by Gasteiger charge is 2.31. The summed E-state index contributed by atoms with van der Waals surface area (Å²) < 4.78 is 5.77. The van der Waals surface area contributed by atoms with Gasteiger partial charge in [-0.1, -0.05) is 30.0 Å². The second kappa shape index (κ2) is 7.94. The number of amides is 2. The molecular formula is C18H17N3O3S. The van der Waals surface area contributed by atoms with Crippen molar-refractivity contribution in [1.29, 1.82) is 0 Å². The van der Waals surface area contributed by atoms with E-state index in [1.165, 1.54) is 0 Å². The summed E-state index contributed by atoms with van der Waals surface area (Å²) in [6, 6.07) is 13.1. The second-order valence-corrected chi connectivity index (χ2v) is 6.58. The van der Waals surface area contributed by atoms with Crippen LogP contribution in [0.15, 0.2) is 53.7 Å². The Morgan fingerprint density at radius 3 is 2.64 bits per heavy atom. The van der Waals surface area contributed by atoms with Crippen molar-refractivity contribution in [2.24, 2.45) is 4.99 Å². The molecule has 1 aliphatic heterocycles. The van der Waals surface area contributed by atoms with Gasteiger partial charge in [-0.3, -0.25) is 24.9 Å². The molecule has 25 heavy (non-hydrogen) atoms. The SMILES string of the molecule is CN=C(COc1ccc(CC2SC(=O)NC2=O)cc1)c1ccccn1. The summed E-state index contributed by atoms with van der Waals surface area (Å²) >= 11 is 1.03. The van der Waals surface area contributed by atoms with E-state index in [4.69, 9.17) is 4.74 Å². The highest BCUT2D eigenvalue weighted by atomic mass is 32.2. The molecule has 2 aromatic rings. The molecule has 0 saturated carbocycles. The number of hydrogen-bond acceptors (Lipinski definition) is 6. The number of ether oxygens (including phenoxy) is 1. The number of rotatable bonds is 6. The van der Waals surface area contributed by atoms with Gasteiger partial charge in [0.25, 0.3) is 5.24 Å². The standard InChI is InChI=1S/C18H17N3O3S/c1-19-15(14-4-2-3-9-20-14)11-24-13-7-5-12(6-8-13)10-16-17(22)21-18(23)25-16/h2-9,16H,10-11H2,1H3,(H,21,22,23). The van der Waals surface area contributed by atoms with Crippen LogP contribution in [0.25, 0.3) is 0 Å². The first-order valence-corrected chi connectivity index (χ1v) is 8.64. The predicted octanol–water partition coefficient (Wildman–Crippen LogP) is 2.47. The van der Waals surface area contributed by atoms with Gasteiger partial charge < -0.3 is 4.74 Å². The molecule has 3 rings (SSSR count). The van der Waals surface area contributed by atoms with Crippen LogP contribution in [0.5, 0.6) is 5.75 Å². The molecule has 0 aliphatic carbocycles. The number of pyridine rings is 1. The van der Waals surface area contributed by atoms with Gasteiger partial charge in [-0.05, 0) is 36.2 Å². The zero-order valence-corrected chi connectivity index (χ0v) is 14.5. The van der Waals surface area contributed by atoms with E-state index in [0.29, 0.717) is 18.8 Å². The van der Waals surface area contributed by atoms with E-state index in [0.717, 1.165) is 28.7 Å². The molecule has 1 unspecified atom stereocenters. The third-order valence-corrected chi connectivity index (χ3v) is 4.70. The number of imide groups is 1. The van der Waals surface area contributed by atoms with E-state index in [1.807, 2.05) is 42.5 Å². The van der Waals surface area contributed by atoms with E-state index in [9.17, 15) is 9.59 Å². The summed E-state index contributed by atoms with van der Waals surface area (Å²) in [6.07, 6.45) is 2.23. The van der Waals surface area contributed by atoms with Crippen LogP contribution in [0, 0.1) is 0 Å². The quantitative estimate of drug-likeness (QED) is 0.805. The van der Waals surface area contributed by atoms with Gasteiger partial charge in [-0.15, -0.1) is 0 Å². The maximum absolute atomic E-state index is 11.6. The van der Waals surface area contributed by atoms with Crippen LogP contribution in [0.1, 0.15) is 11.3 Å². The molecule has 0 spiro atoms. The maximum Gasteiger partial charge on any atom is 0.286 e. The van der Waals surface area contributed by atoms with Crippen molar-refractivity contribution in [3.63, 3.8) is 0 Å². The molecule has 1 atom stereocenters. The summed E-state index contributed by atoms with van der Waals surface area (Å²) in [4.78, 5) is 31.3. The molecule has 128 valence electrons. The van der Waals surface area contributed by atoms with E-state index < -0.39 is 0 Å². The molecule has 1 N–H and O–H groups in total. The lowest BCUT2D eigenvalue weighted by molar-refractivity contribution is -0.118. The van der Waals surface area contributed by atoms with E-state index >= 15 is 0 Å². The van der Waals surface area contributed by atoms with Crippen LogP contribution in [0.4, 0.5) is 4.79 Å². The second-order valence-electron chi connectivity index (χ2n) is 5.41. The first-order chi connectivity index (χ1) is 12.2. The van der Waals surface area contributed by atoms with Gasteiger partial charge in [0.1, 0.15) is 12.4 Å². The summed E-state index contributed by atoms with van der Waals surface area (Å²) in [5, 5.41) is 1.65. The number of nitrogens with one attached hydrogen (secondary N) is 1. The first-order valence-electron chi connectivity index (χ1n) is 7.76. The van der Waals surface area contributed by atoms with Gasteiger partial charge >= 0.3 is 0 Å². The normalized spacial score (nSPS) is 17.5. The van der Waals surface area contributed by atoms with Crippen molar-refractivity contribution in [2.45, 2.75) is 11.7 Å². The number of carbonyl (C=O) groups excluding carboxylic acids is 2. The van der Waals surface area contributed by atoms with Crippen molar-refractivity contribution < 1.29 is 14.3 Å². The van der Waals surface area contributed by atoms with Crippen LogP contribution < -0.4 is 10.1 Å². The fourth-order valence-electron chi connectivity index (χ4n) is 2.40. The molecule has 1 aliphatic rings. The molecule has 1 aromatic heterocycles. The van der Waals surface area contributed by atoms with Gasteiger partial charge in [0.05, 0.1) is 16.7 Å². The molecule has 1 fully saturated rings. The average molecular weight is 355 g/mol. The van der Waals surface area contributed by atoms with Crippen LogP contribution in [-0.2, 0) is 11.2 Å². The Balaban J connectivity index is 1.57. The lowest BCUT2D eigenvalue weighted by Crippen LogP contribution is -2.25. The number of aliphatic imine (C=N–C) groups is 1. The fourth-order valence-corrected chi connectivity index (χ4v) is 3.26. The van der Waals surface area contributed by atoms with Crippen LogP contribution in [-0.4, -0.2) is 40.7 Å². The fraction of sp³-hybridized carbons (Fsp3) is 0.222. The lowest BCUT2D eigenvalue weighted by atomic mass is 10.1. The molecule has 0 bridgehead atoms.